The number of benzene rings is 3. The van der Waals surface area contributed by atoms with Gasteiger partial charge in [-0.15, -0.1) is 0 Å². The maximum Gasteiger partial charge on any atom is 0.282 e. The van der Waals surface area contributed by atoms with Crippen LogP contribution >= 0.6 is 11.6 Å². The maximum absolute atomic E-state index is 13.5. The molecule has 6 heteroatoms. The lowest BCUT2D eigenvalue weighted by Gasteiger charge is -2.16. The van der Waals surface area contributed by atoms with Crippen molar-refractivity contribution in [2.45, 2.75) is 20.3 Å². The first-order valence-corrected chi connectivity index (χ1v) is 10.8. The van der Waals surface area contributed by atoms with Crippen LogP contribution in [0.5, 0.6) is 5.75 Å². The van der Waals surface area contributed by atoms with Crippen LogP contribution in [0.2, 0.25) is 5.02 Å². The first kappa shape index (κ1) is 21.7. The number of nitrogens with one attached hydrogen (secondary N) is 1. The number of carbonyl (C=O) groups is 2. The highest BCUT2D eigenvalue weighted by Gasteiger charge is 2.40. The zero-order valence-corrected chi connectivity index (χ0v) is 18.6. The van der Waals surface area contributed by atoms with E-state index in [0.29, 0.717) is 39.9 Å². The minimum Gasteiger partial charge on any atom is -0.494 e. The molecule has 0 radical (unpaired) electrons. The summed E-state index contributed by atoms with van der Waals surface area (Å²) in [7, 11) is 0. The standard InChI is InChI=1S/C26H23ClN2O3/c1-3-14-32-22-9-5-7-20(16-22)28-24-23(18-10-12-19(27)13-11-18)25(30)29(26(24)31)21-8-4-6-17(2)15-21/h4-13,15-16,28H,3,14H2,1-2H3. The minimum absolute atomic E-state index is 0.214. The molecule has 0 unspecified atom stereocenters. The monoisotopic (exact) mass is 446 g/mol. The number of hydrogen-bond acceptors (Lipinski definition) is 4. The number of imide groups is 1. The number of halogens is 1. The Morgan fingerprint density at radius 3 is 2.41 bits per heavy atom. The van der Waals surface area contributed by atoms with Gasteiger partial charge in [0.15, 0.2) is 0 Å². The second-order valence-corrected chi connectivity index (χ2v) is 7.98. The summed E-state index contributed by atoms with van der Waals surface area (Å²) >= 11 is 6.04. The molecule has 3 aromatic rings. The summed E-state index contributed by atoms with van der Waals surface area (Å²) in [6.45, 7) is 4.55. The average molecular weight is 447 g/mol. The van der Waals surface area contributed by atoms with Crippen LogP contribution in [0.25, 0.3) is 5.57 Å². The van der Waals surface area contributed by atoms with Crippen LogP contribution in [-0.4, -0.2) is 18.4 Å². The fraction of sp³-hybridized carbons (Fsp3) is 0.154. The van der Waals surface area contributed by atoms with Crippen LogP contribution < -0.4 is 15.0 Å². The molecule has 2 amide bonds. The van der Waals surface area contributed by atoms with E-state index in [2.05, 4.69) is 5.32 Å². The van der Waals surface area contributed by atoms with Crippen molar-refractivity contribution in [1.29, 1.82) is 0 Å². The summed E-state index contributed by atoms with van der Waals surface area (Å²) in [6.07, 6.45) is 0.891. The molecule has 0 fully saturated rings. The molecule has 0 atom stereocenters. The number of ether oxygens (including phenoxy) is 1. The molecule has 1 aliphatic rings. The van der Waals surface area contributed by atoms with Gasteiger partial charge in [-0.25, -0.2) is 4.90 Å². The van der Waals surface area contributed by atoms with E-state index in [1.807, 2.05) is 56.3 Å². The topological polar surface area (TPSA) is 58.6 Å². The molecule has 5 nitrogen and oxygen atoms in total. The molecular weight excluding hydrogens is 424 g/mol. The molecule has 1 heterocycles. The predicted octanol–water partition coefficient (Wildman–Crippen LogP) is 5.83. The first-order valence-electron chi connectivity index (χ1n) is 10.4. The van der Waals surface area contributed by atoms with E-state index in [0.717, 1.165) is 12.0 Å². The van der Waals surface area contributed by atoms with Gasteiger partial charge in [0.05, 0.1) is 17.9 Å². The maximum atomic E-state index is 13.5. The van der Waals surface area contributed by atoms with E-state index in [1.54, 1.807) is 30.3 Å². The van der Waals surface area contributed by atoms with Crippen LogP contribution in [0.1, 0.15) is 24.5 Å². The Kier molecular flexibility index (Phi) is 6.28. The Hall–Kier alpha value is -3.57. The highest BCUT2D eigenvalue weighted by atomic mass is 35.5. The minimum atomic E-state index is -0.412. The van der Waals surface area contributed by atoms with Crippen molar-refractivity contribution in [1.82, 2.24) is 0 Å². The van der Waals surface area contributed by atoms with Crippen molar-refractivity contribution in [3.63, 3.8) is 0 Å². The van der Waals surface area contributed by atoms with Crippen molar-refractivity contribution in [3.05, 3.63) is 94.6 Å². The molecule has 0 bridgehead atoms. The second kappa shape index (κ2) is 9.28. The van der Waals surface area contributed by atoms with Crippen molar-refractivity contribution >= 4 is 40.4 Å². The zero-order chi connectivity index (χ0) is 22.7. The van der Waals surface area contributed by atoms with Gasteiger partial charge in [-0.1, -0.05) is 48.9 Å². The summed E-state index contributed by atoms with van der Waals surface area (Å²) in [5, 5.41) is 3.72. The van der Waals surface area contributed by atoms with Crippen LogP contribution in [0.4, 0.5) is 11.4 Å². The highest BCUT2D eigenvalue weighted by Crippen LogP contribution is 2.34. The Bertz CT molecular complexity index is 1200. The van der Waals surface area contributed by atoms with E-state index in [9.17, 15) is 9.59 Å². The van der Waals surface area contributed by atoms with Gasteiger partial charge in [0.1, 0.15) is 11.4 Å². The van der Waals surface area contributed by atoms with Gasteiger partial charge in [-0.05, 0) is 60.9 Å². The van der Waals surface area contributed by atoms with Gasteiger partial charge in [-0.2, -0.15) is 0 Å². The lowest BCUT2D eigenvalue weighted by molar-refractivity contribution is -0.120. The predicted molar refractivity (Wildman–Crippen MR) is 128 cm³/mol. The number of amides is 2. The van der Waals surface area contributed by atoms with Crippen LogP contribution in [0.3, 0.4) is 0 Å². The molecule has 4 rings (SSSR count). The van der Waals surface area contributed by atoms with Gasteiger partial charge in [-0.3, -0.25) is 9.59 Å². The quantitative estimate of drug-likeness (QED) is 0.463. The molecule has 0 saturated heterocycles. The third kappa shape index (κ3) is 4.39. The lowest BCUT2D eigenvalue weighted by atomic mass is 10.0. The van der Waals surface area contributed by atoms with Crippen LogP contribution in [-0.2, 0) is 9.59 Å². The van der Waals surface area contributed by atoms with E-state index < -0.39 is 5.91 Å². The molecule has 162 valence electrons. The first-order chi connectivity index (χ1) is 15.5. The number of aryl methyl sites for hydroxylation is 1. The molecule has 0 aliphatic carbocycles. The highest BCUT2D eigenvalue weighted by molar-refractivity contribution is 6.46. The van der Waals surface area contributed by atoms with Gasteiger partial charge in [0, 0.05) is 16.8 Å². The van der Waals surface area contributed by atoms with Gasteiger partial charge in [0.2, 0.25) is 0 Å². The van der Waals surface area contributed by atoms with Crippen LogP contribution in [0, 0.1) is 6.92 Å². The van der Waals surface area contributed by atoms with Crippen molar-refractivity contribution < 1.29 is 14.3 Å². The normalized spacial score (nSPS) is 13.7. The molecule has 3 aromatic carbocycles. The molecule has 1 aliphatic heterocycles. The summed E-state index contributed by atoms with van der Waals surface area (Å²) in [5.41, 5.74) is 3.28. The summed E-state index contributed by atoms with van der Waals surface area (Å²) in [6, 6.07) is 21.6. The average Bonchev–Trinajstić information content (AvgIpc) is 3.02. The van der Waals surface area contributed by atoms with Gasteiger partial charge >= 0.3 is 0 Å². The smallest absolute Gasteiger partial charge is 0.282 e. The van der Waals surface area contributed by atoms with Crippen molar-refractivity contribution in [2.24, 2.45) is 0 Å². The summed E-state index contributed by atoms with van der Waals surface area (Å²) in [4.78, 5) is 28.1. The van der Waals surface area contributed by atoms with Gasteiger partial charge in [0.25, 0.3) is 11.8 Å². The Labute approximate surface area is 192 Å². The molecular formula is C26H23ClN2O3. The number of hydrogen-bond donors (Lipinski definition) is 1. The summed E-state index contributed by atoms with van der Waals surface area (Å²) < 4.78 is 5.70. The fourth-order valence-corrected chi connectivity index (χ4v) is 3.69. The Morgan fingerprint density at radius 2 is 1.69 bits per heavy atom. The Balaban J connectivity index is 1.76. The van der Waals surface area contributed by atoms with Crippen molar-refractivity contribution in [3.8, 4) is 5.75 Å². The van der Waals surface area contributed by atoms with Crippen LogP contribution in [0.15, 0.2) is 78.5 Å². The number of rotatable bonds is 7. The number of anilines is 2. The molecule has 1 N–H and O–H groups in total. The number of nitrogens with zero attached hydrogens (tertiary/aromatic N) is 1. The number of carbonyl (C=O) groups excluding carboxylic acids is 2. The Morgan fingerprint density at radius 1 is 0.938 bits per heavy atom. The molecule has 32 heavy (non-hydrogen) atoms. The van der Waals surface area contributed by atoms with E-state index in [1.165, 1.54) is 4.90 Å². The van der Waals surface area contributed by atoms with E-state index in [-0.39, 0.29) is 11.6 Å². The molecule has 0 aromatic heterocycles. The second-order valence-electron chi connectivity index (χ2n) is 7.54. The van der Waals surface area contributed by atoms with E-state index >= 15 is 0 Å². The lowest BCUT2D eigenvalue weighted by Crippen LogP contribution is -2.32. The van der Waals surface area contributed by atoms with Gasteiger partial charge < -0.3 is 10.1 Å². The third-order valence-electron chi connectivity index (χ3n) is 5.05. The van der Waals surface area contributed by atoms with E-state index in [4.69, 9.17) is 16.3 Å². The zero-order valence-electron chi connectivity index (χ0n) is 17.9. The largest absolute Gasteiger partial charge is 0.494 e. The van der Waals surface area contributed by atoms with Crippen molar-refractivity contribution in [2.75, 3.05) is 16.8 Å². The fourth-order valence-electron chi connectivity index (χ4n) is 3.56. The third-order valence-corrected chi connectivity index (χ3v) is 5.30. The molecule has 0 saturated carbocycles. The summed E-state index contributed by atoms with van der Waals surface area (Å²) in [5.74, 6) is -0.105. The SMILES string of the molecule is CCCOc1cccc(NC2=C(c3ccc(Cl)cc3)C(=O)N(c3cccc(C)c3)C2=O)c1. The molecule has 0 spiro atoms.